The molecule has 0 bridgehead atoms. The van der Waals surface area contributed by atoms with Crippen LogP contribution in [-0.4, -0.2) is 59.3 Å². The molecule has 2 heterocycles. The van der Waals surface area contributed by atoms with E-state index >= 15 is 0 Å². The third-order valence-corrected chi connectivity index (χ3v) is 6.71. The van der Waals surface area contributed by atoms with E-state index in [0.29, 0.717) is 27.3 Å². The van der Waals surface area contributed by atoms with Gasteiger partial charge in [-0.15, -0.1) is 11.3 Å². The topological polar surface area (TPSA) is 74.7 Å². The number of piperidine rings is 1. The smallest absolute Gasteiger partial charge is 0.280 e. The second kappa shape index (κ2) is 10.1. The molecule has 1 aliphatic heterocycles. The molecular formula is C22H23Cl2N3O3S. The number of fused-ring (bicyclic) bond motifs is 1. The van der Waals surface area contributed by atoms with Crippen molar-refractivity contribution in [2.24, 2.45) is 0 Å². The van der Waals surface area contributed by atoms with Gasteiger partial charge in [0.1, 0.15) is 18.5 Å². The number of benzene rings is 2. The first-order valence-corrected chi connectivity index (χ1v) is 11.7. The molecule has 6 nitrogen and oxygen atoms in total. The van der Waals surface area contributed by atoms with Crippen LogP contribution in [0.3, 0.4) is 0 Å². The van der Waals surface area contributed by atoms with E-state index in [1.54, 1.807) is 36.4 Å². The average molecular weight is 480 g/mol. The highest BCUT2D eigenvalue weighted by molar-refractivity contribution is 7.20. The molecule has 0 aliphatic carbocycles. The van der Waals surface area contributed by atoms with Gasteiger partial charge < -0.3 is 20.1 Å². The van der Waals surface area contributed by atoms with Crippen molar-refractivity contribution < 1.29 is 14.6 Å². The Balaban J connectivity index is 1.20. The van der Waals surface area contributed by atoms with Crippen molar-refractivity contribution in [1.29, 1.82) is 0 Å². The molecule has 0 spiro atoms. The summed E-state index contributed by atoms with van der Waals surface area (Å²) >= 11 is 13.2. The number of rotatable bonds is 7. The Morgan fingerprint density at radius 2 is 1.90 bits per heavy atom. The van der Waals surface area contributed by atoms with E-state index < -0.39 is 6.10 Å². The van der Waals surface area contributed by atoms with Crippen LogP contribution >= 0.6 is 34.5 Å². The second-order valence-corrected chi connectivity index (χ2v) is 9.50. The number of hydrogen-bond donors (Lipinski definition) is 2. The molecule has 1 amide bonds. The van der Waals surface area contributed by atoms with E-state index in [2.05, 4.69) is 15.2 Å². The van der Waals surface area contributed by atoms with Crippen LogP contribution in [0.5, 0.6) is 5.75 Å². The number of aromatic nitrogens is 1. The first kappa shape index (κ1) is 22.3. The molecule has 2 aromatic carbocycles. The zero-order valence-electron chi connectivity index (χ0n) is 16.8. The molecule has 31 heavy (non-hydrogen) atoms. The van der Waals surface area contributed by atoms with Gasteiger partial charge in [-0.05, 0) is 55.3 Å². The monoisotopic (exact) mass is 479 g/mol. The normalized spacial score (nSPS) is 16.4. The molecule has 1 atom stereocenters. The molecule has 164 valence electrons. The lowest BCUT2D eigenvalue weighted by molar-refractivity contribution is 0.0568. The van der Waals surface area contributed by atoms with E-state index in [1.165, 1.54) is 11.3 Å². The van der Waals surface area contributed by atoms with E-state index in [0.717, 1.165) is 36.1 Å². The van der Waals surface area contributed by atoms with Gasteiger partial charge in [-0.25, -0.2) is 4.98 Å². The van der Waals surface area contributed by atoms with Crippen molar-refractivity contribution >= 4 is 50.7 Å². The van der Waals surface area contributed by atoms with Gasteiger partial charge >= 0.3 is 0 Å². The Labute approximate surface area is 194 Å². The Morgan fingerprint density at radius 3 is 2.65 bits per heavy atom. The van der Waals surface area contributed by atoms with E-state index in [4.69, 9.17) is 27.9 Å². The number of halogens is 2. The number of carbonyl (C=O) groups is 1. The fourth-order valence-corrected chi connectivity index (χ4v) is 4.72. The van der Waals surface area contributed by atoms with Crippen molar-refractivity contribution in [3.05, 3.63) is 57.5 Å². The third-order valence-electron chi connectivity index (χ3n) is 5.19. The van der Waals surface area contributed by atoms with Crippen LogP contribution in [0.1, 0.15) is 22.6 Å². The molecule has 1 unspecified atom stereocenters. The molecule has 1 saturated heterocycles. The Kier molecular flexibility index (Phi) is 7.30. The fourth-order valence-electron chi connectivity index (χ4n) is 3.58. The van der Waals surface area contributed by atoms with Crippen LogP contribution in [0.25, 0.3) is 10.2 Å². The van der Waals surface area contributed by atoms with E-state index in [-0.39, 0.29) is 18.6 Å². The van der Waals surface area contributed by atoms with Crippen LogP contribution in [0, 0.1) is 0 Å². The number of β-amino-alcohol motifs (C(OH)–C–C–N with tert-alkyl or cyclic N) is 1. The van der Waals surface area contributed by atoms with Gasteiger partial charge in [0.25, 0.3) is 5.91 Å². The van der Waals surface area contributed by atoms with Crippen molar-refractivity contribution in [2.45, 2.75) is 25.0 Å². The number of nitrogens with zero attached hydrogens (tertiary/aromatic N) is 2. The van der Waals surface area contributed by atoms with Gasteiger partial charge in [0.2, 0.25) is 0 Å². The minimum atomic E-state index is -0.587. The predicted molar refractivity (Wildman–Crippen MR) is 125 cm³/mol. The van der Waals surface area contributed by atoms with Crippen molar-refractivity contribution in [2.75, 3.05) is 26.2 Å². The highest BCUT2D eigenvalue weighted by atomic mass is 35.5. The molecule has 1 fully saturated rings. The molecule has 0 radical (unpaired) electrons. The minimum absolute atomic E-state index is 0.0989. The minimum Gasteiger partial charge on any atom is -0.491 e. The summed E-state index contributed by atoms with van der Waals surface area (Å²) in [6, 6.07) is 12.6. The third kappa shape index (κ3) is 6.08. The lowest BCUT2D eigenvalue weighted by Gasteiger charge is -2.33. The number of aliphatic hydroxyl groups is 1. The molecular weight excluding hydrogens is 457 g/mol. The number of aliphatic hydroxyl groups excluding tert-OH is 1. The van der Waals surface area contributed by atoms with Crippen molar-refractivity contribution in [3.8, 4) is 5.75 Å². The first-order chi connectivity index (χ1) is 15.0. The molecule has 0 saturated carbocycles. The van der Waals surface area contributed by atoms with E-state index in [9.17, 15) is 9.90 Å². The zero-order chi connectivity index (χ0) is 21.8. The van der Waals surface area contributed by atoms with Crippen LogP contribution < -0.4 is 10.1 Å². The fraction of sp³-hybridized carbons (Fsp3) is 0.364. The standard InChI is InChI=1S/C22H23Cl2N3O3S/c23-14-1-4-18(5-2-14)30-13-17(28)12-27-9-7-16(8-10-27)25-21(29)22-26-19-11-15(24)3-6-20(19)31-22/h1-6,11,16-17,28H,7-10,12-13H2,(H,25,29). The van der Waals surface area contributed by atoms with Gasteiger partial charge in [-0.3, -0.25) is 4.79 Å². The molecule has 2 N–H and O–H groups in total. The first-order valence-electron chi connectivity index (χ1n) is 10.1. The molecule has 3 aromatic rings. The van der Waals surface area contributed by atoms with Gasteiger partial charge in [-0.2, -0.15) is 0 Å². The highest BCUT2D eigenvalue weighted by Crippen LogP contribution is 2.25. The molecule has 1 aliphatic rings. The van der Waals surface area contributed by atoms with Crippen molar-refractivity contribution in [1.82, 2.24) is 15.2 Å². The van der Waals surface area contributed by atoms with Gasteiger partial charge in [0.05, 0.1) is 10.2 Å². The summed E-state index contributed by atoms with van der Waals surface area (Å²) in [6.07, 6.45) is 1.07. The number of amides is 1. The number of likely N-dealkylation sites (tertiary alicyclic amines) is 1. The second-order valence-electron chi connectivity index (χ2n) is 7.60. The SMILES string of the molecule is O=C(NC1CCN(CC(O)COc2ccc(Cl)cc2)CC1)c1nc2cc(Cl)ccc2s1. The summed E-state index contributed by atoms with van der Waals surface area (Å²) in [5, 5.41) is 15.1. The molecule has 9 heteroatoms. The van der Waals surface area contributed by atoms with Crippen LogP contribution in [0.4, 0.5) is 0 Å². The quantitative estimate of drug-likeness (QED) is 0.529. The van der Waals surface area contributed by atoms with Gasteiger partial charge in [0.15, 0.2) is 5.01 Å². The van der Waals surface area contributed by atoms with Gasteiger partial charge in [0, 0.05) is 35.7 Å². The molecule has 1 aromatic heterocycles. The summed E-state index contributed by atoms with van der Waals surface area (Å²) in [7, 11) is 0. The average Bonchev–Trinajstić information content (AvgIpc) is 3.18. The summed E-state index contributed by atoms with van der Waals surface area (Å²) in [6.45, 7) is 2.36. The Morgan fingerprint density at radius 1 is 1.19 bits per heavy atom. The lowest BCUT2D eigenvalue weighted by Crippen LogP contribution is -2.47. The Bertz CT molecular complexity index is 1040. The number of nitrogens with one attached hydrogen (secondary N) is 1. The zero-order valence-corrected chi connectivity index (χ0v) is 19.1. The maximum absolute atomic E-state index is 12.6. The summed E-state index contributed by atoms with van der Waals surface area (Å²) < 4.78 is 6.56. The maximum atomic E-state index is 12.6. The van der Waals surface area contributed by atoms with Crippen LogP contribution in [-0.2, 0) is 0 Å². The van der Waals surface area contributed by atoms with Crippen molar-refractivity contribution in [3.63, 3.8) is 0 Å². The predicted octanol–water partition coefficient (Wildman–Crippen LogP) is 4.24. The van der Waals surface area contributed by atoms with E-state index in [1.807, 2.05) is 6.07 Å². The lowest BCUT2D eigenvalue weighted by atomic mass is 10.0. The van der Waals surface area contributed by atoms with Crippen LogP contribution in [0.2, 0.25) is 10.0 Å². The number of ether oxygens (including phenoxy) is 1. The summed E-state index contributed by atoms with van der Waals surface area (Å²) in [5.74, 6) is 0.536. The number of thiazole rings is 1. The van der Waals surface area contributed by atoms with Crippen LogP contribution in [0.15, 0.2) is 42.5 Å². The summed E-state index contributed by atoms with van der Waals surface area (Å²) in [5.41, 5.74) is 0.743. The maximum Gasteiger partial charge on any atom is 0.280 e. The van der Waals surface area contributed by atoms with Gasteiger partial charge in [-0.1, -0.05) is 23.2 Å². The number of carbonyl (C=O) groups excluding carboxylic acids is 1. The highest BCUT2D eigenvalue weighted by Gasteiger charge is 2.24. The largest absolute Gasteiger partial charge is 0.491 e. The number of hydrogen-bond acceptors (Lipinski definition) is 6. The molecule has 4 rings (SSSR count). The summed E-state index contributed by atoms with van der Waals surface area (Å²) in [4.78, 5) is 19.2. The Hall–Kier alpha value is -1.90.